The molecule has 76 valence electrons. The zero-order valence-electron chi connectivity index (χ0n) is 8.19. The van der Waals surface area contributed by atoms with Crippen molar-refractivity contribution in [3.8, 4) is 11.1 Å². The molecule has 0 fully saturated rings. The monoisotopic (exact) mass is 195 g/mol. The zero-order chi connectivity index (χ0) is 10.6. The predicted octanol–water partition coefficient (Wildman–Crippen LogP) is 0.758. The third kappa shape index (κ3) is 2.31. The van der Waals surface area contributed by atoms with E-state index in [0.29, 0.717) is 0 Å². The van der Waals surface area contributed by atoms with Gasteiger partial charge in [-0.1, -0.05) is 24.3 Å². The lowest BCUT2D eigenvalue weighted by molar-refractivity contribution is -0.155. The van der Waals surface area contributed by atoms with Crippen molar-refractivity contribution < 1.29 is 14.3 Å². The summed E-state index contributed by atoms with van der Waals surface area (Å²) in [6.45, 7) is 0. The summed E-state index contributed by atoms with van der Waals surface area (Å²) in [7, 11) is 2.69. The van der Waals surface area contributed by atoms with Gasteiger partial charge in [0.2, 0.25) is 6.29 Å². The SMILES string of the molecule is COC(OC)C(N)=O.c1cc2ccc1-2. The molecule has 0 atom stereocenters. The lowest BCUT2D eigenvalue weighted by Gasteiger charge is -2.10. The zero-order valence-corrected chi connectivity index (χ0v) is 8.19. The van der Waals surface area contributed by atoms with Crippen LogP contribution in [0.2, 0.25) is 0 Å². The number of rotatable bonds is 3. The average Bonchev–Trinajstić information content (AvgIpc) is 2.14. The Morgan fingerprint density at radius 1 is 1.14 bits per heavy atom. The van der Waals surface area contributed by atoms with Crippen LogP contribution >= 0.6 is 0 Å². The fourth-order valence-corrected chi connectivity index (χ4v) is 0.991. The Hall–Kier alpha value is -1.39. The van der Waals surface area contributed by atoms with Crippen LogP contribution in [0.15, 0.2) is 24.3 Å². The minimum atomic E-state index is -0.907. The molecule has 0 spiro atoms. The van der Waals surface area contributed by atoms with Crippen molar-refractivity contribution in [1.29, 1.82) is 0 Å². The first-order valence-electron chi connectivity index (χ1n) is 4.14. The summed E-state index contributed by atoms with van der Waals surface area (Å²) in [5.41, 5.74) is 7.62. The van der Waals surface area contributed by atoms with Gasteiger partial charge < -0.3 is 15.2 Å². The molecule has 2 N–H and O–H groups in total. The average molecular weight is 195 g/mol. The summed E-state index contributed by atoms with van der Waals surface area (Å²) in [5, 5.41) is 0. The largest absolute Gasteiger partial charge is 0.365 e. The number of carbonyl (C=O) groups excluding carboxylic acids is 1. The minimum absolute atomic E-state index is 0.616. The normalized spacial score (nSPS) is 10.5. The number of ether oxygens (including phenoxy) is 2. The van der Waals surface area contributed by atoms with Crippen molar-refractivity contribution in [3.05, 3.63) is 24.3 Å². The van der Waals surface area contributed by atoms with Crippen LogP contribution in [0, 0.1) is 0 Å². The molecule has 2 aliphatic carbocycles. The van der Waals surface area contributed by atoms with Gasteiger partial charge in [-0.05, 0) is 11.1 Å². The van der Waals surface area contributed by atoms with E-state index in [1.807, 2.05) is 0 Å². The third-order valence-electron chi connectivity index (χ3n) is 1.88. The lowest BCUT2D eigenvalue weighted by atomic mass is 9.95. The highest BCUT2D eigenvalue weighted by Gasteiger charge is 2.10. The maximum Gasteiger partial charge on any atom is 0.274 e. The van der Waals surface area contributed by atoms with Gasteiger partial charge in [-0.2, -0.15) is 0 Å². The quantitative estimate of drug-likeness (QED) is 0.735. The molecule has 0 aliphatic heterocycles. The molecule has 0 aromatic rings. The van der Waals surface area contributed by atoms with Gasteiger partial charge in [0.15, 0.2) is 0 Å². The highest BCUT2D eigenvalue weighted by atomic mass is 16.7. The summed E-state index contributed by atoms with van der Waals surface area (Å²) in [6.07, 6.45) is -0.907. The van der Waals surface area contributed by atoms with E-state index >= 15 is 0 Å². The molecular formula is C10H13NO3. The van der Waals surface area contributed by atoms with Crippen LogP contribution < -0.4 is 5.73 Å². The van der Waals surface area contributed by atoms with Gasteiger partial charge in [0.25, 0.3) is 5.91 Å². The first-order valence-corrected chi connectivity index (χ1v) is 4.14. The van der Waals surface area contributed by atoms with Gasteiger partial charge in [0, 0.05) is 14.2 Å². The summed E-state index contributed by atoms with van der Waals surface area (Å²) < 4.78 is 8.93. The van der Waals surface area contributed by atoms with Crippen LogP contribution in [-0.2, 0) is 14.3 Å². The number of amides is 1. The molecule has 4 nitrogen and oxygen atoms in total. The Morgan fingerprint density at radius 3 is 1.50 bits per heavy atom. The molecule has 4 heteroatoms. The Bertz CT molecular complexity index is 283. The third-order valence-corrected chi connectivity index (χ3v) is 1.88. The number of primary amides is 1. The van der Waals surface area contributed by atoms with Crippen molar-refractivity contribution in [2.45, 2.75) is 6.29 Å². The van der Waals surface area contributed by atoms with Gasteiger partial charge in [0.1, 0.15) is 0 Å². The number of hydrogen-bond acceptors (Lipinski definition) is 3. The number of carbonyl (C=O) groups is 1. The molecule has 0 bridgehead atoms. The summed E-state index contributed by atoms with van der Waals surface area (Å²) in [4.78, 5) is 10.1. The maximum absolute atomic E-state index is 10.1. The highest BCUT2D eigenvalue weighted by Crippen LogP contribution is 2.29. The number of hydrogen-bond donors (Lipinski definition) is 1. The Morgan fingerprint density at radius 2 is 1.50 bits per heavy atom. The van der Waals surface area contributed by atoms with Crippen molar-refractivity contribution >= 4 is 5.91 Å². The van der Waals surface area contributed by atoms with Crippen LogP contribution in [0.5, 0.6) is 0 Å². The van der Waals surface area contributed by atoms with Crippen LogP contribution in [0.25, 0.3) is 11.1 Å². The Kier molecular flexibility index (Phi) is 3.62. The fraction of sp³-hybridized carbons (Fsp3) is 0.300. The number of benzene rings is 1. The van der Waals surface area contributed by atoms with Crippen molar-refractivity contribution in [2.24, 2.45) is 5.73 Å². The Labute approximate surface area is 82.6 Å². The second-order valence-electron chi connectivity index (χ2n) is 2.78. The molecule has 2 aliphatic rings. The molecule has 1 amide bonds. The Balaban J connectivity index is 0.000000143. The smallest absolute Gasteiger partial charge is 0.274 e. The molecule has 0 heterocycles. The first kappa shape index (κ1) is 10.7. The minimum Gasteiger partial charge on any atom is -0.365 e. The van der Waals surface area contributed by atoms with Gasteiger partial charge in [-0.15, -0.1) is 0 Å². The van der Waals surface area contributed by atoms with Crippen molar-refractivity contribution in [1.82, 2.24) is 0 Å². The van der Waals surface area contributed by atoms with E-state index in [1.54, 1.807) is 0 Å². The van der Waals surface area contributed by atoms with E-state index in [0.717, 1.165) is 0 Å². The van der Waals surface area contributed by atoms with Gasteiger partial charge in [0.05, 0.1) is 0 Å². The van der Waals surface area contributed by atoms with Crippen LogP contribution in [0.3, 0.4) is 0 Å². The van der Waals surface area contributed by atoms with E-state index in [1.165, 1.54) is 25.3 Å². The molecule has 0 radical (unpaired) electrons. The predicted molar refractivity (Wildman–Crippen MR) is 52.4 cm³/mol. The molecule has 0 saturated carbocycles. The number of nitrogens with two attached hydrogens (primary N) is 1. The molecule has 0 aromatic heterocycles. The number of fused-ring (bicyclic) bond motifs is 1. The first-order chi connectivity index (χ1) is 6.69. The summed E-state index contributed by atoms with van der Waals surface area (Å²) >= 11 is 0. The van der Waals surface area contributed by atoms with E-state index in [9.17, 15) is 4.79 Å². The molecular weight excluding hydrogens is 182 g/mol. The molecule has 0 aromatic carbocycles. The van der Waals surface area contributed by atoms with Gasteiger partial charge in [-0.3, -0.25) is 4.79 Å². The summed E-state index contributed by atoms with van der Waals surface area (Å²) in [5.74, 6) is -0.616. The second kappa shape index (κ2) is 4.74. The number of methoxy groups -OCH3 is 2. The van der Waals surface area contributed by atoms with Gasteiger partial charge in [-0.25, -0.2) is 0 Å². The van der Waals surface area contributed by atoms with Crippen LogP contribution in [0.1, 0.15) is 0 Å². The van der Waals surface area contributed by atoms with E-state index in [4.69, 9.17) is 5.73 Å². The van der Waals surface area contributed by atoms with Crippen molar-refractivity contribution in [2.75, 3.05) is 14.2 Å². The molecule has 0 unspecified atom stereocenters. The maximum atomic E-state index is 10.1. The van der Waals surface area contributed by atoms with Crippen LogP contribution in [0.4, 0.5) is 0 Å². The lowest BCUT2D eigenvalue weighted by Crippen LogP contribution is -2.31. The molecule has 14 heavy (non-hydrogen) atoms. The van der Waals surface area contributed by atoms with E-state index in [-0.39, 0.29) is 0 Å². The second-order valence-corrected chi connectivity index (χ2v) is 2.78. The summed E-state index contributed by atoms with van der Waals surface area (Å²) in [6, 6.07) is 8.48. The standard InChI is InChI=1S/C6H4.C4H9NO3/c1-2-6-4-3-5(1)6;1-7-4(8-2)3(5)6/h1-4H;4H,1-2H3,(H2,5,6). The molecule has 2 rings (SSSR count). The highest BCUT2D eigenvalue weighted by molar-refractivity contribution is 5.77. The topological polar surface area (TPSA) is 61.6 Å². The van der Waals surface area contributed by atoms with Crippen molar-refractivity contribution in [3.63, 3.8) is 0 Å². The van der Waals surface area contributed by atoms with E-state index in [2.05, 4.69) is 33.7 Å². The van der Waals surface area contributed by atoms with Crippen LogP contribution in [-0.4, -0.2) is 26.4 Å². The van der Waals surface area contributed by atoms with E-state index < -0.39 is 12.2 Å². The fourth-order valence-electron chi connectivity index (χ4n) is 0.991. The van der Waals surface area contributed by atoms with Gasteiger partial charge >= 0.3 is 0 Å². The molecule has 0 saturated heterocycles.